The summed E-state index contributed by atoms with van der Waals surface area (Å²) >= 11 is 0. The first-order valence-corrected chi connectivity index (χ1v) is 7.67. The first kappa shape index (κ1) is 17.0. The minimum atomic E-state index is 0.0807. The third-order valence-electron chi connectivity index (χ3n) is 3.39. The fourth-order valence-corrected chi connectivity index (χ4v) is 1.92. The maximum atomic E-state index is 4.82. The molecule has 0 spiro atoms. The minimum absolute atomic E-state index is 0.0807. The number of hydrogen-bond donors (Lipinski definition) is 1. The second kappa shape index (κ2) is 7.07. The van der Waals surface area contributed by atoms with Crippen molar-refractivity contribution in [2.24, 2.45) is 5.92 Å². The van der Waals surface area contributed by atoms with E-state index in [0.29, 0.717) is 5.92 Å². The lowest BCUT2D eigenvalue weighted by Gasteiger charge is -2.23. The van der Waals surface area contributed by atoms with Gasteiger partial charge in [0.25, 0.3) is 0 Å². The Morgan fingerprint density at radius 3 is 2.40 bits per heavy atom. The van der Waals surface area contributed by atoms with E-state index in [2.05, 4.69) is 70.9 Å². The van der Waals surface area contributed by atoms with E-state index in [9.17, 15) is 0 Å². The maximum absolute atomic E-state index is 4.82. The molecule has 0 unspecified atom stereocenters. The van der Waals surface area contributed by atoms with Gasteiger partial charge in [0.05, 0.1) is 0 Å². The molecule has 0 aromatic carbocycles. The van der Waals surface area contributed by atoms with Gasteiger partial charge in [-0.2, -0.15) is 0 Å². The van der Waals surface area contributed by atoms with Crippen molar-refractivity contribution in [3.05, 3.63) is 23.4 Å². The molecule has 20 heavy (non-hydrogen) atoms. The summed E-state index contributed by atoms with van der Waals surface area (Å²) in [6.07, 6.45) is 0. The fraction of sp³-hybridized carbons (Fsp3) is 0.706. The summed E-state index contributed by atoms with van der Waals surface area (Å²) in [6.45, 7) is 16.2. The van der Waals surface area contributed by atoms with E-state index < -0.39 is 0 Å². The molecule has 1 heterocycles. The van der Waals surface area contributed by atoms with Crippen LogP contribution in [0.25, 0.3) is 0 Å². The van der Waals surface area contributed by atoms with Gasteiger partial charge in [0, 0.05) is 31.2 Å². The quantitative estimate of drug-likeness (QED) is 0.861. The largest absolute Gasteiger partial charge is 0.360 e. The van der Waals surface area contributed by atoms with Crippen LogP contribution in [0.5, 0.6) is 0 Å². The molecule has 1 N–H and O–H groups in total. The van der Waals surface area contributed by atoms with Crippen molar-refractivity contribution < 1.29 is 0 Å². The van der Waals surface area contributed by atoms with E-state index in [0.717, 1.165) is 31.1 Å². The van der Waals surface area contributed by atoms with Gasteiger partial charge in [0.15, 0.2) is 0 Å². The molecule has 1 aromatic heterocycles. The van der Waals surface area contributed by atoms with Gasteiger partial charge in [0.1, 0.15) is 5.82 Å². The molecule has 1 aromatic rings. The van der Waals surface area contributed by atoms with Gasteiger partial charge < -0.3 is 10.2 Å². The Labute approximate surface area is 124 Å². The molecule has 114 valence electrons. The van der Waals surface area contributed by atoms with E-state index in [1.807, 2.05) is 0 Å². The lowest BCUT2D eigenvalue weighted by molar-refractivity contribution is 0.546. The Morgan fingerprint density at radius 2 is 1.90 bits per heavy atom. The van der Waals surface area contributed by atoms with Gasteiger partial charge in [-0.25, -0.2) is 4.98 Å². The summed E-state index contributed by atoms with van der Waals surface area (Å²) in [4.78, 5) is 7.01. The summed E-state index contributed by atoms with van der Waals surface area (Å²) in [5.41, 5.74) is 2.56. The Kier molecular flexibility index (Phi) is 6.00. The van der Waals surface area contributed by atoms with Crippen LogP contribution in [0.3, 0.4) is 0 Å². The van der Waals surface area contributed by atoms with Gasteiger partial charge in [0.2, 0.25) is 0 Å². The van der Waals surface area contributed by atoms with E-state index >= 15 is 0 Å². The molecule has 3 heteroatoms. The Bertz CT molecular complexity index is 419. The molecule has 0 saturated carbocycles. The average Bonchev–Trinajstić information content (AvgIpc) is 2.36. The zero-order valence-electron chi connectivity index (χ0n) is 14.2. The summed E-state index contributed by atoms with van der Waals surface area (Å²) in [5.74, 6) is 1.75. The third-order valence-corrected chi connectivity index (χ3v) is 3.39. The summed E-state index contributed by atoms with van der Waals surface area (Å²) in [5, 5.41) is 3.52. The van der Waals surface area contributed by atoms with Crippen molar-refractivity contribution in [3.63, 3.8) is 0 Å². The van der Waals surface area contributed by atoms with Gasteiger partial charge in [-0.3, -0.25) is 0 Å². The van der Waals surface area contributed by atoms with Crippen LogP contribution in [0, 0.1) is 5.92 Å². The van der Waals surface area contributed by atoms with Crippen LogP contribution >= 0.6 is 0 Å². The van der Waals surface area contributed by atoms with E-state index in [-0.39, 0.29) is 5.41 Å². The molecule has 0 aliphatic heterocycles. The summed E-state index contributed by atoms with van der Waals surface area (Å²) in [7, 11) is 2.10. The number of pyridine rings is 1. The zero-order chi connectivity index (χ0) is 15.3. The van der Waals surface area contributed by atoms with Gasteiger partial charge in [-0.05, 0) is 37.1 Å². The summed E-state index contributed by atoms with van der Waals surface area (Å²) in [6, 6.07) is 4.44. The Hall–Kier alpha value is -1.09. The molecular weight excluding hydrogens is 246 g/mol. The van der Waals surface area contributed by atoms with Crippen LogP contribution in [-0.2, 0) is 12.0 Å². The van der Waals surface area contributed by atoms with Crippen molar-refractivity contribution in [1.82, 2.24) is 10.3 Å². The normalized spacial score (nSPS) is 12.0. The van der Waals surface area contributed by atoms with Crippen LogP contribution in [0.1, 0.15) is 52.8 Å². The van der Waals surface area contributed by atoms with Crippen molar-refractivity contribution in [2.75, 3.05) is 25.0 Å². The van der Waals surface area contributed by atoms with E-state index in [1.165, 1.54) is 5.56 Å². The molecule has 3 nitrogen and oxygen atoms in total. The van der Waals surface area contributed by atoms with Gasteiger partial charge >= 0.3 is 0 Å². The number of aromatic nitrogens is 1. The van der Waals surface area contributed by atoms with E-state index in [1.54, 1.807) is 0 Å². The SMILES string of the molecule is CCN(C)c1cc(CNCC(C)C)cc(C(C)(C)C)n1. The second-order valence-electron chi connectivity index (χ2n) is 7.01. The molecule has 0 bridgehead atoms. The van der Waals surface area contributed by atoms with Crippen LogP contribution in [0.15, 0.2) is 12.1 Å². The Balaban J connectivity index is 2.98. The van der Waals surface area contributed by atoms with Crippen LogP contribution < -0.4 is 10.2 Å². The smallest absolute Gasteiger partial charge is 0.128 e. The standard InChI is InChI=1S/C17H31N3/c1-8-20(7)16-10-14(12-18-11-13(2)3)9-15(19-16)17(4,5)6/h9-10,13,18H,8,11-12H2,1-7H3. The highest BCUT2D eigenvalue weighted by atomic mass is 15.2. The van der Waals surface area contributed by atoms with Crippen molar-refractivity contribution in [2.45, 2.75) is 53.5 Å². The predicted octanol–water partition coefficient (Wildman–Crippen LogP) is 3.58. The molecular formula is C17H31N3. The van der Waals surface area contributed by atoms with Crippen LogP contribution in [0.4, 0.5) is 5.82 Å². The number of rotatable bonds is 6. The molecule has 0 saturated heterocycles. The van der Waals surface area contributed by atoms with Crippen molar-refractivity contribution in [1.29, 1.82) is 0 Å². The molecule has 1 rings (SSSR count). The number of hydrogen-bond acceptors (Lipinski definition) is 3. The predicted molar refractivity (Wildman–Crippen MR) is 88.4 cm³/mol. The average molecular weight is 277 g/mol. The molecule has 0 radical (unpaired) electrons. The van der Waals surface area contributed by atoms with Gasteiger partial charge in [-0.1, -0.05) is 34.6 Å². The van der Waals surface area contributed by atoms with Crippen LogP contribution in [-0.4, -0.2) is 25.1 Å². The number of nitrogens with one attached hydrogen (secondary N) is 1. The first-order chi connectivity index (χ1) is 9.24. The number of anilines is 1. The van der Waals surface area contributed by atoms with E-state index in [4.69, 9.17) is 4.98 Å². The Morgan fingerprint density at radius 1 is 1.25 bits per heavy atom. The monoisotopic (exact) mass is 277 g/mol. The molecule has 0 aliphatic rings. The molecule has 0 fully saturated rings. The molecule has 0 aliphatic carbocycles. The van der Waals surface area contributed by atoms with Crippen molar-refractivity contribution in [3.8, 4) is 0 Å². The lowest BCUT2D eigenvalue weighted by atomic mass is 9.90. The minimum Gasteiger partial charge on any atom is -0.360 e. The van der Waals surface area contributed by atoms with Crippen LogP contribution in [0.2, 0.25) is 0 Å². The lowest BCUT2D eigenvalue weighted by Crippen LogP contribution is -2.23. The van der Waals surface area contributed by atoms with Crippen molar-refractivity contribution >= 4 is 5.82 Å². The first-order valence-electron chi connectivity index (χ1n) is 7.67. The maximum Gasteiger partial charge on any atom is 0.128 e. The molecule has 0 amide bonds. The highest BCUT2D eigenvalue weighted by Crippen LogP contribution is 2.24. The molecule has 0 atom stereocenters. The summed E-state index contributed by atoms with van der Waals surface area (Å²) < 4.78 is 0. The highest BCUT2D eigenvalue weighted by Gasteiger charge is 2.18. The number of nitrogens with zero attached hydrogens (tertiary/aromatic N) is 2. The topological polar surface area (TPSA) is 28.2 Å². The zero-order valence-corrected chi connectivity index (χ0v) is 14.2. The second-order valence-corrected chi connectivity index (χ2v) is 7.01. The highest BCUT2D eigenvalue weighted by molar-refractivity contribution is 5.43. The van der Waals surface area contributed by atoms with Gasteiger partial charge in [-0.15, -0.1) is 0 Å². The fourth-order valence-electron chi connectivity index (χ4n) is 1.92. The third kappa shape index (κ3) is 5.12.